The minimum Gasteiger partial charge on any atom is -1.00 e. The smallest absolute Gasteiger partial charge is 0.185 e. The second-order valence-corrected chi connectivity index (χ2v) is 3.29. The van der Waals surface area contributed by atoms with Crippen molar-refractivity contribution in [3.63, 3.8) is 0 Å². The van der Waals surface area contributed by atoms with Crippen molar-refractivity contribution in [2.75, 3.05) is 12.4 Å². The molecule has 1 atom stereocenters. The Bertz CT molecular complexity index is 97.7. The van der Waals surface area contributed by atoms with E-state index in [1.54, 1.807) is 0 Å². The summed E-state index contributed by atoms with van der Waals surface area (Å²) >= 11 is 1.27. The van der Waals surface area contributed by atoms with Crippen LogP contribution >= 0.6 is 11.8 Å². The van der Waals surface area contributed by atoms with Gasteiger partial charge in [0.25, 0.3) is 0 Å². The highest BCUT2D eigenvalue weighted by Crippen LogP contribution is 2.07. The van der Waals surface area contributed by atoms with E-state index in [1.165, 1.54) is 18.7 Å². The monoisotopic (exact) mass is 183 g/mol. The van der Waals surface area contributed by atoms with E-state index in [9.17, 15) is 4.79 Å². The zero-order valence-corrected chi connectivity index (χ0v) is 7.71. The quantitative estimate of drug-likeness (QED) is 0.545. The Morgan fingerprint density at radius 1 is 1.70 bits per heavy atom. The summed E-state index contributed by atoms with van der Waals surface area (Å²) < 4.78 is 0. The molecule has 4 heteroatoms. The van der Waals surface area contributed by atoms with E-state index in [-0.39, 0.29) is 30.0 Å². The first kappa shape index (κ1) is 12.9. The summed E-state index contributed by atoms with van der Waals surface area (Å²) in [5, 5.41) is 8.64. The molecule has 0 radical (unpaired) electrons. The normalized spacial score (nSPS) is 11.9. The predicted octanol–water partition coefficient (Wildman–Crippen LogP) is -2.10. The number of thioether (sulfide) groups is 1. The van der Waals surface area contributed by atoms with Crippen molar-refractivity contribution in [1.82, 2.24) is 0 Å². The first-order valence-electron chi connectivity index (χ1n) is 2.91. The molecule has 0 fully saturated rings. The standard InChI is InChI=1S/C6H12O2S.ClH/c1-5(3-7)4-9-6(2)8;/h5,7H,3-4H2,1-2H3;1H/p-1. The van der Waals surface area contributed by atoms with E-state index >= 15 is 0 Å². The third-order valence-electron chi connectivity index (χ3n) is 0.883. The van der Waals surface area contributed by atoms with Crippen LogP contribution in [0.5, 0.6) is 0 Å². The maximum absolute atomic E-state index is 10.3. The molecule has 0 saturated heterocycles. The number of carbonyl (C=O) groups excluding carboxylic acids is 1. The Hall–Kier alpha value is 0.270. The van der Waals surface area contributed by atoms with Gasteiger partial charge in [0, 0.05) is 19.3 Å². The minimum atomic E-state index is 0. The second kappa shape index (κ2) is 7.38. The molecule has 0 aliphatic carbocycles. The van der Waals surface area contributed by atoms with Crippen LogP contribution in [0.1, 0.15) is 13.8 Å². The third-order valence-corrected chi connectivity index (χ3v) is 2.03. The Morgan fingerprint density at radius 2 is 2.20 bits per heavy atom. The Balaban J connectivity index is 0. The van der Waals surface area contributed by atoms with Crippen molar-refractivity contribution >= 4 is 16.9 Å². The van der Waals surface area contributed by atoms with Crippen molar-refractivity contribution in [3.8, 4) is 0 Å². The lowest BCUT2D eigenvalue weighted by Gasteiger charge is -2.02. The van der Waals surface area contributed by atoms with Crippen molar-refractivity contribution < 1.29 is 22.3 Å². The molecule has 0 bridgehead atoms. The first-order valence-corrected chi connectivity index (χ1v) is 3.89. The molecule has 1 N–H and O–H groups in total. The summed E-state index contributed by atoms with van der Waals surface area (Å²) in [6, 6.07) is 0. The Kier molecular flexibility index (Phi) is 9.52. The Morgan fingerprint density at radius 3 is 2.50 bits per heavy atom. The van der Waals surface area contributed by atoms with E-state index < -0.39 is 0 Å². The summed E-state index contributed by atoms with van der Waals surface area (Å²) in [6.45, 7) is 3.62. The summed E-state index contributed by atoms with van der Waals surface area (Å²) in [4.78, 5) is 10.3. The van der Waals surface area contributed by atoms with Crippen LogP contribution in [0.4, 0.5) is 0 Å². The fraction of sp³-hybridized carbons (Fsp3) is 0.833. The molecule has 0 aliphatic heterocycles. The Labute approximate surface area is 71.8 Å². The van der Waals surface area contributed by atoms with E-state index in [0.29, 0.717) is 0 Å². The summed E-state index contributed by atoms with van der Waals surface area (Å²) in [5.41, 5.74) is 0. The number of aliphatic hydroxyl groups excluding tert-OH is 1. The molecule has 0 rings (SSSR count). The minimum absolute atomic E-state index is 0. The zero-order chi connectivity index (χ0) is 7.28. The molecule has 62 valence electrons. The molecule has 0 aliphatic rings. The SMILES string of the molecule is CC(=O)SCC(C)CO.[Cl-]. The summed E-state index contributed by atoms with van der Waals surface area (Å²) in [5.74, 6) is 0.963. The summed E-state index contributed by atoms with van der Waals surface area (Å²) in [6.07, 6.45) is 0. The van der Waals surface area contributed by atoms with Gasteiger partial charge in [0.15, 0.2) is 5.12 Å². The van der Waals surface area contributed by atoms with Gasteiger partial charge in [-0.15, -0.1) is 0 Å². The van der Waals surface area contributed by atoms with Gasteiger partial charge in [-0.2, -0.15) is 0 Å². The molecular weight excluding hydrogens is 172 g/mol. The van der Waals surface area contributed by atoms with Crippen LogP contribution < -0.4 is 12.4 Å². The molecule has 0 heterocycles. The predicted molar refractivity (Wildman–Crippen MR) is 39.4 cm³/mol. The topological polar surface area (TPSA) is 37.3 Å². The van der Waals surface area contributed by atoms with Gasteiger partial charge in [-0.3, -0.25) is 4.79 Å². The molecule has 0 aromatic rings. The largest absolute Gasteiger partial charge is 1.00 e. The van der Waals surface area contributed by atoms with Crippen molar-refractivity contribution in [2.24, 2.45) is 5.92 Å². The number of hydrogen-bond donors (Lipinski definition) is 1. The van der Waals surface area contributed by atoms with Gasteiger partial charge in [0.2, 0.25) is 0 Å². The van der Waals surface area contributed by atoms with Crippen LogP contribution in [0.25, 0.3) is 0 Å². The second-order valence-electron chi connectivity index (χ2n) is 2.09. The van der Waals surface area contributed by atoms with Crippen LogP contribution in [-0.4, -0.2) is 22.6 Å². The average Bonchev–Trinajstić information content (AvgIpc) is 1.83. The van der Waals surface area contributed by atoms with E-state index in [2.05, 4.69) is 0 Å². The number of hydrogen-bond acceptors (Lipinski definition) is 3. The molecule has 2 nitrogen and oxygen atoms in total. The number of rotatable bonds is 3. The van der Waals surface area contributed by atoms with Gasteiger partial charge in [0.05, 0.1) is 0 Å². The highest BCUT2D eigenvalue weighted by molar-refractivity contribution is 8.13. The van der Waals surface area contributed by atoms with E-state index in [4.69, 9.17) is 5.11 Å². The lowest BCUT2D eigenvalue weighted by Crippen LogP contribution is -3.00. The van der Waals surface area contributed by atoms with Crippen molar-refractivity contribution in [2.45, 2.75) is 13.8 Å². The first-order chi connectivity index (χ1) is 4.16. The highest BCUT2D eigenvalue weighted by atomic mass is 35.5. The number of aliphatic hydroxyl groups is 1. The molecular formula is C6H12ClO2S-. The fourth-order valence-corrected chi connectivity index (χ4v) is 0.937. The molecule has 0 amide bonds. The van der Waals surface area contributed by atoms with Gasteiger partial charge >= 0.3 is 0 Å². The zero-order valence-electron chi connectivity index (χ0n) is 6.13. The van der Waals surface area contributed by atoms with Crippen molar-refractivity contribution in [1.29, 1.82) is 0 Å². The van der Waals surface area contributed by atoms with Gasteiger partial charge in [0.1, 0.15) is 0 Å². The number of halogens is 1. The fourth-order valence-electron chi connectivity index (χ4n) is 0.312. The van der Waals surface area contributed by atoms with Crippen LogP contribution in [0.2, 0.25) is 0 Å². The van der Waals surface area contributed by atoms with Gasteiger partial charge in [-0.05, 0) is 5.92 Å². The van der Waals surface area contributed by atoms with E-state index in [0.717, 1.165) is 5.75 Å². The van der Waals surface area contributed by atoms with Crippen LogP contribution in [-0.2, 0) is 4.79 Å². The molecule has 0 saturated carbocycles. The highest BCUT2D eigenvalue weighted by Gasteiger charge is 2.00. The van der Waals surface area contributed by atoms with Gasteiger partial charge in [-0.25, -0.2) is 0 Å². The average molecular weight is 184 g/mol. The lowest BCUT2D eigenvalue weighted by molar-refractivity contribution is -0.109. The molecule has 0 spiro atoms. The molecule has 1 unspecified atom stereocenters. The number of carbonyl (C=O) groups is 1. The maximum Gasteiger partial charge on any atom is 0.185 e. The van der Waals surface area contributed by atoms with Gasteiger partial charge in [-0.1, -0.05) is 18.7 Å². The summed E-state index contributed by atoms with van der Waals surface area (Å²) in [7, 11) is 0. The lowest BCUT2D eigenvalue weighted by atomic mass is 10.2. The third kappa shape index (κ3) is 8.27. The van der Waals surface area contributed by atoms with Crippen LogP contribution in [0, 0.1) is 5.92 Å². The molecule has 0 aromatic heterocycles. The maximum atomic E-state index is 10.3. The van der Waals surface area contributed by atoms with Crippen molar-refractivity contribution in [3.05, 3.63) is 0 Å². The van der Waals surface area contributed by atoms with Crippen LogP contribution in [0.15, 0.2) is 0 Å². The van der Waals surface area contributed by atoms with Crippen LogP contribution in [0.3, 0.4) is 0 Å². The molecule has 0 aromatic carbocycles. The molecule has 10 heavy (non-hydrogen) atoms. The van der Waals surface area contributed by atoms with Gasteiger partial charge < -0.3 is 17.5 Å². The van der Waals surface area contributed by atoms with E-state index in [1.807, 2.05) is 6.92 Å².